The molecule has 0 aromatic carbocycles. The summed E-state index contributed by atoms with van der Waals surface area (Å²) in [6.45, 7) is 0.980. The van der Waals surface area contributed by atoms with Gasteiger partial charge in [-0.3, -0.25) is 5.43 Å². The highest BCUT2D eigenvalue weighted by molar-refractivity contribution is 7.99. The highest BCUT2D eigenvalue weighted by atomic mass is 32.2. The molecular weight excluding hydrogens is 210 g/mol. The summed E-state index contributed by atoms with van der Waals surface area (Å²) in [5, 5.41) is 3.30. The third kappa shape index (κ3) is 2.97. The molecule has 1 atom stereocenters. The number of rotatable bonds is 4. The lowest BCUT2D eigenvalue weighted by molar-refractivity contribution is 0.630. The minimum absolute atomic E-state index is 0.445. The second-order valence-electron chi connectivity index (χ2n) is 3.52. The van der Waals surface area contributed by atoms with Crippen LogP contribution < -0.4 is 16.6 Å². The van der Waals surface area contributed by atoms with Crippen LogP contribution in [0.2, 0.25) is 0 Å². The average molecular weight is 225 g/mol. The van der Waals surface area contributed by atoms with Crippen molar-refractivity contribution in [2.45, 2.75) is 6.42 Å². The molecule has 82 valence electrons. The zero-order valence-corrected chi connectivity index (χ0v) is 9.26. The van der Waals surface area contributed by atoms with Gasteiger partial charge >= 0.3 is 0 Å². The summed E-state index contributed by atoms with van der Waals surface area (Å²) in [5.41, 5.74) is 2.43. The molecule has 1 aromatic heterocycles. The quantitative estimate of drug-likeness (QED) is 0.523. The molecule has 1 aliphatic rings. The largest absolute Gasteiger partial charge is 0.370 e. The number of hydrogen-bond acceptors (Lipinski definition) is 6. The Balaban J connectivity index is 1.86. The maximum Gasteiger partial charge on any atom is 0.239 e. The van der Waals surface area contributed by atoms with E-state index < -0.39 is 0 Å². The number of nitrogens with zero attached hydrogens (tertiary/aromatic N) is 2. The molecular formula is C9H15N5S. The maximum absolute atomic E-state index is 5.23. The Morgan fingerprint density at radius 3 is 3.27 bits per heavy atom. The van der Waals surface area contributed by atoms with Gasteiger partial charge in [-0.2, -0.15) is 16.7 Å². The Morgan fingerprint density at radius 2 is 2.53 bits per heavy atom. The molecule has 1 aromatic rings. The molecule has 1 unspecified atom stereocenters. The third-order valence-electron chi connectivity index (χ3n) is 2.38. The molecule has 0 bridgehead atoms. The van der Waals surface area contributed by atoms with Crippen molar-refractivity contribution in [1.82, 2.24) is 9.97 Å². The first kappa shape index (κ1) is 10.5. The smallest absolute Gasteiger partial charge is 0.239 e. The summed E-state index contributed by atoms with van der Waals surface area (Å²) in [6, 6.07) is 1.85. The summed E-state index contributed by atoms with van der Waals surface area (Å²) < 4.78 is 0. The monoisotopic (exact) mass is 225 g/mol. The number of hydrazine groups is 1. The second kappa shape index (κ2) is 5.18. The number of thioether (sulfide) groups is 1. The van der Waals surface area contributed by atoms with Crippen LogP contribution in [0.5, 0.6) is 0 Å². The number of anilines is 2. The van der Waals surface area contributed by atoms with Gasteiger partial charge in [0.2, 0.25) is 5.95 Å². The van der Waals surface area contributed by atoms with Gasteiger partial charge in [-0.05, 0) is 29.9 Å². The van der Waals surface area contributed by atoms with Crippen LogP contribution in [0, 0.1) is 5.92 Å². The first-order chi connectivity index (χ1) is 7.38. The van der Waals surface area contributed by atoms with E-state index in [0.29, 0.717) is 5.95 Å². The highest BCUT2D eigenvalue weighted by Crippen LogP contribution is 2.23. The van der Waals surface area contributed by atoms with Gasteiger partial charge in [-0.1, -0.05) is 0 Å². The van der Waals surface area contributed by atoms with E-state index in [1.54, 1.807) is 6.20 Å². The molecule has 0 spiro atoms. The van der Waals surface area contributed by atoms with E-state index in [1.807, 2.05) is 17.8 Å². The lowest BCUT2D eigenvalue weighted by Crippen LogP contribution is -2.16. The summed E-state index contributed by atoms with van der Waals surface area (Å²) in [4.78, 5) is 8.13. The number of nitrogens with two attached hydrogens (primary N) is 1. The zero-order valence-electron chi connectivity index (χ0n) is 8.44. The van der Waals surface area contributed by atoms with Crippen LogP contribution in [0.15, 0.2) is 12.3 Å². The van der Waals surface area contributed by atoms with E-state index in [0.717, 1.165) is 18.3 Å². The molecule has 6 heteroatoms. The van der Waals surface area contributed by atoms with Crippen molar-refractivity contribution in [2.24, 2.45) is 11.8 Å². The topological polar surface area (TPSA) is 75.9 Å². The molecule has 0 radical (unpaired) electrons. The molecule has 0 saturated carbocycles. The molecule has 0 aliphatic carbocycles. The number of aromatic nitrogens is 2. The number of nitrogens with one attached hydrogen (secondary N) is 2. The fourth-order valence-electron chi connectivity index (χ4n) is 1.52. The highest BCUT2D eigenvalue weighted by Gasteiger charge is 2.14. The van der Waals surface area contributed by atoms with E-state index in [2.05, 4.69) is 20.7 Å². The molecule has 4 N–H and O–H groups in total. The Hall–Kier alpha value is -1.01. The van der Waals surface area contributed by atoms with Gasteiger partial charge < -0.3 is 5.32 Å². The van der Waals surface area contributed by atoms with Crippen LogP contribution >= 0.6 is 11.8 Å². The van der Waals surface area contributed by atoms with E-state index >= 15 is 0 Å². The third-order valence-corrected chi connectivity index (χ3v) is 3.61. The van der Waals surface area contributed by atoms with Crippen molar-refractivity contribution in [3.05, 3.63) is 12.3 Å². The Bertz CT molecular complexity index is 313. The van der Waals surface area contributed by atoms with Gasteiger partial charge in [0.15, 0.2) is 0 Å². The summed E-state index contributed by atoms with van der Waals surface area (Å²) in [6.07, 6.45) is 2.98. The molecule has 1 saturated heterocycles. The maximum atomic E-state index is 5.23. The standard InChI is InChI=1S/C9H15N5S/c10-14-9-11-3-1-8(13-9)12-5-7-2-4-15-6-7/h1,3,7H,2,4-6,10H2,(H2,11,12,13,14). The van der Waals surface area contributed by atoms with Gasteiger partial charge in [0, 0.05) is 12.7 Å². The van der Waals surface area contributed by atoms with E-state index in [1.165, 1.54) is 17.9 Å². The van der Waals surface area contributed by atoms with Gasteiger partial charge in [0.25, 0.3) is 0 Å². The first-order valence-corrected chi connectivity index (χ1v) is 6.15. The Labute approximate surface area is 93.2 Å². The van der Waals surface area contributed by atoms with Crippen LogP contribution in [-0.2, 0) is 0 Å². The Morgan fingerprint density at radius 1 is 1.60 bits per heavy atom. The van der Waals surface area contributed by atoms with Crippen molar-refractivity contribution in [1.29, 1.82) is 0 Å². The van der Waals surface area contributed by atoms with Gasteiger partial charge in [-0.25, -0.2) is 10.8 Å². The van der Waals surface area contributed by atoms with Crippen LogP contribution in [0.3, 0.4) is 0 Å². The molecule has 2 heterocycles. The lowest BCUT2D eigenvalue weighted by atomic mass is 10.1. The van der Waals surface area contributed by atoms with E-state index in [-0.39, 0.29) is 0 Å². The Kier molecular flexibility index (Phi) is 3.63. The molecule has 1 fully saturated rings. The van der Waals surface area contributed by atoms with Crippen molar-refractivity contribution in [2.75, 3.05) is 28.8 Å². The van der Waals surface area contributed by atoms with Gasteiger partial charge in [-0.15, -0.1) is 0 Å². The van der Waals surface area contributed by atoms with Crippen molar-refractivity contribution >= 4 is 23.5 Å². The number of nitrogen functional groups attached to an aromatic ring is 1. The molecule has 2 rings (SSSR count). The van der Waals surface area contributed by atoms with Crippen molar-refractivity contribution < 1.29 is 0 Å². The van der Waals surface area contributed by atoms with E-state index in [9.17, 15) is 0 Å². The van der Waals surface area contributed by atoms with Gasteiger partial charge in [0.05, 0.1) is 0 Å². The molecule has 1 aliphatic heterocycles. The van der Waals surface area contributed by atoms with Crippen molar-refractivity contribution in [3.8, 4) is 0 Å². The number of hydrogen-bond donors (Lipinski definition) is 3. The van der Waals surface area contributed by atoms with E-state index in [4.69, 9.17) is 5.84 Å². The van der Waals surface area contributed by atoms with Crippen LogP contribution in [-0.4, -0.2) is 28.0 Å². The zero-order chi connectivity index (χ0) is 10.5. The summed E-state index contributed by atoms with van der Waals surface area (Å²) in [7, 11) is 0. The summed E-state index contributed by atoms with van der Waals surface area (Å²) in [5.74, 6) is 9.80. The normalized spacial score (nSPS) is 20.2. The van der Waals surface area contributed by atoms with Crippen LogP contribution in [0.1, 0.15) is 6.42 Å². The second-order valence-corrected chi connectivity index (χ2v) is 4.67. The molecule has 0 amide bonds. The average Bonchev–Trinajstić information content (AvgIpc) is 2.79. The predicted molar refractivity (Wildman–Crippen MR) is 63.8 cm³/mol. The first-order valence-electron chi connectivity index (χ1n) is 5.00. The lowest BCUT2D eigenvalue weighted by Gasteiger charge is -2.10. The fourth-order valence-corrected chi connectivity index (χ4v) is 2.80. The minimum Gasteiger partial charge on any atom is -0.370 e. The predicted octanol–water partition coefficient (Wildman–Crippen LogP) is 0.927. The van der Waals surface area contributed by atoms with Crippen molar-refractivity contribution in [3.63, 3.8) is 0 Å². The van der Waals surface area contributed by atoms with Crippen LogP contribution in [0.25, 0.3) is 0 Å². The summed E-state index contributed by atoms with van der Waals surface area (Å²) >= 11 is 2.02. The fraction of sp³-hybridized carbons (Fsp3) is 0.556. The van der Waals surface area contributed by atoms with Crippen LogP contribution in [0.4, 0.5) is 11.8 Å². The molecule has 15 heavy (non-hydrogen) atoms. The minimum atomic E-state index is 0.445. The SMILES string of the molecule is NNc1nccc(NCC2CCSC2)n1. The van der Waals surface area contributed by atoms with Gasteiger partial charge in [0.1, 0.15) is 5.82 Å². The molecule has 5 nitrogen and oxygen atoms in total.